The number of fused-ring (bicyclic) bond motifs is 1. The summed E-state index contributed by atoms with van der Waals surface area (Å²) in [6.45, 7) is 0.738. The molecule has 1 aliphatic heterocycles. The van der Waals surface area contributed by atoms with E-state index in [1.165, 1.54) is 0 Å². The van der Waals surface area contributed by atoms with Crippen LogP contribution in [-0.2, 0) is 16.1 Å². The number of hydrogen-bond donors (Lipinski definition) is 1. The molecule has 1 saturated carbocycles. The number of carboxylic acids is 1. The number of nitrogens with zero attached hydrogens (tertiary/aromatic N) is 1. The van der Waals surface area contributed by atoms with E-state index in [4.69, 9.17) is 4.74 Å². The zero-order valence-electron chi connectivity index (χ0n) is 12.5. The smallest absolute Gasteiger partial charge is 0.410 e. The third-order valence-electron chi connectivity index (χ3n) is 4.89. The molecule has 3 unspecified atom stereocenters. The average molecular weight is 303 g/mol. The fraction of sp³-hybridized carbons (Fsp3) is 0.529. The van der Waals surface area contributed by atoms with Crippen LogP contribution in [0.3, 0.4) is 0 Å². The molecule has 1 aromatic rings. The van der Waals surface area contributed by atoms with Crippen molar-refractivity contribution in [2.45, 2.75) is 38.3 Å². The van der Waals surface area contributed by atoms with E-state index in [1.54, 1.807) is 4.90 Å². The maximum Gasteiger partial charge on any atom is 0.410 e. The third-order valence-corrected chi connectivity index (χ3v) is 4.89. The lowest BCUT2D eigenvalue weighted by molar-refractivity contribution is -0.146. The second kappa shape index (κ2) is 6.38. The van der Waals surface area contributed by atoms with Gasteiger partial charge in [-0.3, -0.25) is 4.79 Å². The van der Waals surface area contributed by atoms with Gasteiger partial charge in [0.05, 0.1) is 5.92 Å². The van der Waals surface area contributed by atoms with Crippen molar-refractivity contribution in [2.24, 2.45) is 11.8 Å². The lowest BCUT2D eigenvalue weighted by Gasteiger charge is -2.40. The zero-order valence-corrected chi connectivity index (χ0v) is 12.5. The van der Waals surface area contributed by atoms with Crippen molar-refractivity contribution in [3.8, 4) is 0 Å². The maximum absolute atomic E-state index is 12.3. The maximum atomic E-state index is 12.3. The predicted molar refractivity (Wildman–Crippen MR) is 80.2 cm³/mol. The number of carbonyl (C=O) groups excluding carboxylic acids is 1. The van der Waals surface area contributed by atoms with Crippen molar-refractivity contribution < 1.29 is 19.4 Å². The van der Waals surface area contributed by atoms with Crippen molar-refractivity contribution in [1.29, 1.82) is 0 Å². The van der Waals surface area contributed by atoms with E-state index in [9.17, 15) is 14.7 Å². The van der Waals surface area contributed by atoms with E-state index < -0.39 is 5.97 Å². The second-order valence-corrected chi connectivity index (χ2v) is 6.13. The Morgan fingerprint density at radius 2 is 1.95 bits per heavy atom. The molecule has 0 radical (unpaired) electrons. The molecule has 2 aliphatic rings. The van der Waals surface area contributed by atoms with Gasteiger partial charge in [-0.2, -0.15) is 0 Å². The third kappa shape index (κ3) is 2.93. The number of carboxylic acid groups (broad SMARTS) is 1. The predicted octanol–water partition coefficient (Wildman–Crippen LogP) is 2.90. The van der Waals surface area contributed by atoms with Gasteiger partial charge in [-0.05, 0) is 30.7 Å². The Morgan fingerprint density at radius 1 is 1.18 bits per heavy atom. The molecule has 1 aliphatic carbocycles. The van der Waals surface area contributed by atoms with E-state index in [2.05, 4.69) is 0 Å². The molecular formula is C17H21NO4. The summed E-state index contributed by atoms with van der Waals surface area (Å²) in [5.74, 6) is -0.963. The highest BCUT2D eigenvalue weighted by atomic mass is 16.6. The van der Waals surface area contributed by atoms with Gasteiger partial charge in [0.15, 0.2) is 0 Å². The number of benzene rings is 1. The summed E-state index contributed by atoms with van der Waals surface area (Å²) in [4.78, 5) is 25.4. The summed E-state index contributed by atoms with van der Waals surface area (Å²) in [5, 5.41) is 9.33. The molecule has 0 aromatic heterocycles. The minimum absolute atomic E-state index is 0.0260. The Morgan fingerprint density at radius 3 is 2.68 bits per heavy atom. The summed E-state index contributed by atoms with van der Waals surface area (Å²) in [6, 6.07) is 9.61. The Hall–Kier alpha value is -2.04. The van der Waals surface area contributed by atoms with Gasteiger partial charge in [0.25, 0.3) is 0 Å². The second-order valence-electron chi connectivity index (χ2n) is 6.13. The molecule has 1 N–H and O–H groups in total. The van der Waals surface area contributed by atoms with Crippen LogP contribution in [0.5, 0.6) is 0 Å². The molecule has 0 bridgehead atoms. The summed E-state index contributed by atoms with van der Waals surface area (Å²) >= 11 is 0. The Bertz CT molecular complexity index is 545. The van der Waals surface area contributed by atoms with Crippen LogP contribution in [0.2, 0.25) is 0 Å². The Balaban J connectivity index is 1.62. The van der Waals surface area contributed by atoms with Crippen molar-refractivity contribution in [1.82, 2.24) is 4.90 Å². The Kier molecular flexibility index (Phi) is 4.32. The van der Waals surface area contributed by atoms with Crippen LogP contribution in [0.1, 0.15) is 31.2 Å². The lowest BCUT2D eigenvalue weighted by Crippen LogP contribution is -2.51. The topological polar surface area (TPSA) is 66.8 Å². The van der Waals surface area contributed by atoms with Crippen LogP contribution in [0.4, 0.5) is 4.79 Å². The quantitative estimate of drug-likeness (QED) is 0.932. The standard InChI is InChI=1S/C17H21NO4/c19-16(20)14-9-10-18(15-8-4-7-13(14)15)17(21)22-11-12-5-2-1-3-6-12/h1-3,5-6,13-15H,4,7-11H2,(H,19,20). The first-order valence-electron chi connectivity index (χ1n) is 7.87. The molecule has 5 heteroatoms. The van der Waals surface area contributed by atoms with Crippen LogP contribution in [0, 0.1) is 11.8 Å². The number of hydrogen-bond acceptors (Lipinski definition) is 3. The molecule has 1 heterocycles. The van der Waals surface area contributed by atoms with E-state index >= 15 is 0 Å². The monoisotopic (exact) mass is 303 g/mol. The van der Waals surface area contributed by atoms with Crippen molar-refractivity contribution in [3.05, 3.63) is 35.9 Å². The zero-order chi connectivity index (χ0) is 15.5. The summed E-state index contributed by atoms with van der Waals surface area (Å²) in [5.41, 5.74) is 0.958. The van der Waals surface area contributed by atoms with Gasteiger partial charge in [-0.15, -0.1) is 0 Å². The number of aliphatic carboxylic acids is 1. The van der Waals surface area contributed by atoms with E-state index in [1.807, 2.05) is 30.3 Å². The first kappa shape index (κ1) is 14.9. The molecule has 3 rings (SSSR count). The minimum atomic E-state index is -0.728. The number of carbonyl (C=O) groups is 2. The highest BCUT2D eigenvalue weighted by Gasteiger charge is 2.45. The number of rotatable bonds is 3. The molecule has 22 heavy (non-hydrogen) atoms. The summed E-state index contributed by atoms with van der Waals surface area (Å²) < 4.78 is 5.41. The number of likely N-dealkylation sites (tertiary alicyclic amines) is 1. The van der Waals surface area contributed by atoms with Crippen LogP contribution in [0.25, 0.3) is 0 Å². The summed E-state index contributed by atoms with van der Waals surface area (Å²) in [7, 11) is 0. The molecule has 1 amide bonds. The highest BCUT2D eigenvalue weighted by molar-refractivity contribution is 5.72. The van der Waals surface area contributed by atoms with Gasteiger partial charge >= 0.3 is 12.1 Å². The lowest BCUT2D eigenvalue weighted by atomic mass is 9.81. The van der Waals surface area contributed by atoms with Gasteiger partial charge in [-0.25, -0.2) is 4.79 Å². The van der Waals surface area contributed by atoms with E-state index in [0.717, 1.165) is 24.8 Å². The number of ether oxygens (including phenoxy) is 1. The first-order chi connectivity index (χ1) is 10.7. The van der Waals surface area contributed by atoms with Crippen LogP contribution >= 0.6 is 0 Å². The summed E-state index contributed by atoms with van der Waals surface area (Å²) in [6.07, 6.45) is 2.97. The molecule has 0 spiro atoms. The van der Waals surface area contributed by atoms with Gasteiger partial charge in [0.2, 0.25) is 0 Å². The van der Waals surface area contributed by atoms with Crippen molar-refractivity contribution >= 4 is 12.1 Å². The van der Waals surface area contributed by atoms with Gasteiger partial charge in [-0.1, -0.05) is 36.8 Å². The fourth-order valence-electron chi connectivity index (χ4n) is 3.82. The van der Waals surface area contributed by atoms with E-state index in [0.29, 0.717) is 13.0 Å². The molecule has 3 atom stereocenters. The average Bonchev–Trinajstić information content (AvgIpc) is 3.02. The number of piperidine rings is 1. The normalized spacial score (nSPS) is 27.3. The minimum Gasteiger partial charge on any atom is -0.481 e. The van der Waals surface area contributed by atoms with Crippen LogP contribution in [-0.4, -0.2) is 34.7 Å². The van der Waals surface area contributed by atoms with Gasteiger partial charge < -0.3 is 14.7 Å². The molecule has 2 fully saturated rings. The largest absolute Gasteiger partial charge is 0.481 e. The highest BCUT2D eigenvalue weighted by Crippen LogP contribution is 2.40. The van der Waals surface area contributed by atoms with Crippen LogP contribution < -0.4 is 0 Å². The fourth-order valence-corrected chi connectivity index (χ4v) is 3.82. The van der Waals surface area contributed by atoms with Gasteiger partial charge in [0.1, 0.15) is 6.61 Å². The molecular weight excluding hydrogens is 282 g/mol. The molecule has 118 valence electrons. The molecule has 5 nitrogen and oxygen atoms in total. The van der Waals surface area contributed by atoms with Crippen molar-refractivity contribution in [3.63, 3.8) is 0 Å². The molecule has 1 saturated heterocycles. The number of amides is 1. The van der Waals surface area contributed by atoms with E-state index in [-0.39, 0.29) is 30.6 Å². The van der Waals surface area contributed by atoms with Crippen molar-refractivity contribution in [2.75, 3.05) is 6.54 Å². The van der Waals surface area contributed by atoms with Crippen LogP contribution in [0.15, 0.2) is 30.3 Å². The SMILES string of the molecule is O=C(O)C1CCN(C(=O)OCc2ccccc2)C2CCCC12. The Labute approximate surface area is 129 Å². The van der Waals surface area contributed by atoms with Gasteiger partial charge in [0, 0.05) is 12.6 Å². The first-order valence-corrected chi connectivity index (χ1v) is 7.87. The molecule has 1 aromatic carbocycles.